The van der Waals surface area contributed by atoms with Gasteiger partial charge in [0.1, 0.15) is 23.4 Å². The number of phenolic OH excluding ortho intramolecular Hbond substituents is 1. The summed E-state index contributed by atoms with van der Waals surface area (Å²) >= 11 is 0. The Kier molecular flexibility index (Phi) is 12.4. The summed E-state index contributed by atoms with van der Waals surface area (Å²) in [7, 11) is 0. The van der Waals surface area contributed by atoms with Gasteiger partial charge in [0.15, 0.2) is 0 Å². The van der Waals surface area contributed by atoms with Crippen LogP contribution in [0.3, 0.4) is 0 Å². The van der Waals surface area contributed by atoms with Crippen molar-refractivity contribution in [1.82, 2.24) is 10.2 Å². The molecule has 9 heteroatoms. The van der Waals surface area contributed by atoms with Gasteiger partial charge in [-0.1, -0.05) is 56.9 Å². The highest BCUT2D eigenvalue weighted by Gasteiger charge is 2.36. The number of nitrogens with zero attached hydrogens (tertiary/aromatic N) is 1. The lowest BCUT2D eigenvalue weighted by molar-refractivity contribution is -0.141. The summed E-state index contributed by atoms with van der Waals surface area (Å²) in [6.45, 7) is 10.3. The Morgan fingerprint density at radius 2 is 1.65 bits per heavy atom. The molecule has 0 aliphatic carbocycles. The first-order chi connectivity index (χ1) is 18.9. The number of aliphatic hydroxyl groups is 1. The van der Waals surface area contributed by atoms with Crippen LogP contribution >= 0.6 is 0 Å². The van der Waals surface area contributed by atoms with E-state index in [1.54, 1.807) is 45.9 Å². The number of rotatable bonds is 13. The fourth-order valence-electron chi connectivity index (χ4n) is 4.32. The van der Waals surface area contributed by atoms with Gasteiger partial charge in [0.25, 0.3) is 5.91 Å². The van der Waals surface area contributed by atoms with E-state index in [1.807, 2.05) is 25.1 Å². The number of aryl methyl sites for hydroxylation is 2. The second-order valence-electron chi connectivity index (χ2n) is 11.1. The molecule has 2 unspecified atom stereocenters. The standard InChI is InChI=1S/C31H45N3O6/c1-7-8-9-10-13-18-34(29(38)25(20-35)33-30(39)40-31(4,5)6)27(23-16-17-26(36)22(3)19-23)28(37)32-24-15-12-11-14-21(24)2/h11-12,14-17,19,25,27,35-36H,7-10,13,18,20H2,1-6H3,(H,32,37)(H,33,39). The van der Waals surface area contributed by atoms with Crippen LogP contribution in [0.1, 0.15) is 82.5 Å². The zero-order valence-corrected chi connectivity index (χ0v) is 24.6. The molecule has 0 fully saturated rings. The van der Waals surface area contributed by atoms with Crippen LogP contribution in [0.4, 0.5) is 10.5 Å². The minimum atomic E-state index is -1.32. The van der Waals surface area contributed by atoms with Gasteiger partial charge in [-0.25, -0.2) is 4.79 Å². The molecule has 4 N–H and O–H groups in total. The number of phenols is 1. The summed E-state index contributed by atoms with van der Waals surface area (Å²) < 4.78 is 5.30. The van der Waals surface area contributed by atoms with Gasteiger partial charge in [-0.3, -0.25) is 9.59 Å². The summed E-state index contributed by atoms with van der Waals surface area (Å²) in [6.07, 6.45) is 3.73. The number of nitrogens with one attached hydrogen (secondary N) is 2. The van der Waals surface area contributed by atoms with Crippen LogP contribution in [0.5, 0.6) is 5.75 Å². The Morgan fingerprint density at radius 1 is 0.975 bits per heavy atom. The van der Waals surface area contributed by atoms with Crippen molar-refractivity contribution in [2.24, 2.45) is 0 Å². The van der Waals surface area contributed by atoms with Gasteiger partial charge in [0.2, 0.25) is 5.91 Å². The predicted molar refractivity (Wildman–Crippen MR) is 156 cm³/mol. The second kappa shape index (κ2) is 15.3. The van der Waals surface area contributed by atoms with Gasteiger partial charge in [-0.15, -0.1) is 0 Å². The molecule has 0 aliphatic heterocycles. The molecule has 3 amide bonds. The number of amides is 3. The molecule has 220 valence electrons. The molecular formula is C31H45N3O6. The van der Waals surface area contributed by atoms with Crippen molar-refractivity contribution in [1.29, 1.82) is 0 Å². The molecule has 40 heavy (non-hydrogen) atoms. The molecule has 0 aliphatic rings. The van der Waals surface area contributed by atoms with Gasteiger partial charge in [0, 0.05) is 12.2 Å². The number of benzene rings is 2. The average molecular weight is 556 g/mol. The van der Waals surface area contributed by atoms with E-state index in [1.165, 1.54) is 11.0 Å². The number of anilines is 1. The molecule has 0 heterocycles. The van der Waals surface area contributed by atoms with Gasteiger partial charge >= 0.3 is 6.09 Å². The van der Waals surface area contributed by atoms with Gasteiger partial charge in [0.05, 0.1) is 6.61 Å². The third-order valence-electron chi connectivity index (χ3n) is 6.46. The number of aromatic hydroxyl groups is 1. The topological polar surface area (TPSA) is 128 Å². The molecule has 0 radical (unpaired) electrons. The minimum absolute atomic E-state index is 0.0686. The zero-order chi connectivity index (χ0) is 29.9. The van der Waals surface area contributed by atoms with E-state index < -0.39 is 42.2 Å². The zero-order valence-electron chi connectivity index (χ0n) is 24.6. The maximum absolute atomic E-state index is 14.0. The van der Waals surface area contributed by atoms with E-state index in [0.717, 1.165) is 31.2 Å². The largest absolute Gasteiger partial charge is 0.508 e. The van der Waals surface area contributed by atoms with Crippen LogP contribution in [0, 0.1) is 13.8 Å². The molecule has 0 spiro atoms. The number of para-hydroxylation sites is 1. The van der Waals surface area contributed by atoms with Crippen LogP contribution in [-0.2, 0) is 14.3 Å². The number of carbonyl (C=O) groups excluding carboxylic acids is 3. The number of hydrogen-bond acceptors (Lipinski definition) is 6. The van der Waals surface area contributed by atoms with E-state index >= 15 is 0 Å². The summed E-state index contributed by atoms with van der Waals surface area (Å²) in [5.41, 5.74) is 1.71. The fourth-order valence-corrected chi connectivity index (χ4v) is 4.32. The molecule has 0 saturated heterocycles. The normalized spacial score (nSPS) is 12.8. The summed E-state index contributed by atoms with van der Waals surface area (Å²) in [5.74, 6) is -0.992. The Morgan fingerprint density at radius 3 is 2.25 bits per heavy atom. The van der Waals surface area contributed by atoms with Crippen molar-refractivity contribution < 1.29 is 29.3 Å². The van der Waals surface area contributed by atoms with Crippen LogP contribution in [0.25, 0.3) is 0 Å². The Hall–Kier alpha value is -3.59. The number of carbonyl (C=O) groups is 3. The molecule has 2 aromatic rings. The van der Waals surface area contributed by atoms with E-state index in [-0.39, 0.29) is 12.3 Å². The quantitative estimate of drug-likeness (QED) is 0.246. The number of aliphatic hydroxyl groups excluding tert-OH is 1. The Balaban J connectivity index is 2.51. The molecular weight excluding hydrogens is 510 g/mol. The molecule has 2 aromatic carbocycles. The number of hydrogen-bond donors (Lipinski definition) is 4. The molecule has 0 bridgehead atoms. The van der Waals surface area contributed by atoms with Crippen LogP contribution in [-0.4, -0.2) is 57.8 Å². The molecule has 9 nitrogen and oxygen atoms in total. The summed E-state index contributed by atoms with van der Waals surface area (Å²) in [6, 6.07) is 9.69. The highest BCUT2D eigenvalue weighted by atomic mass is 16.6. The highest BCUT2D eigenvalue weighted by molar-refractivity contribution is 5.99. The van der Waals surface area contributed by atoms with E-state index in [4.69, 9.17) is 4.74 Å². The minimum Gasteiger partial charge on any atom is -0.508 e. The SMILES string of the molecule is CCCCCCCN(C(=O)C(CO)NC(=O)OC(C)(C)C)C(C(=O)Nc1ccccc1C)c1ccc(O)c(C)c1. The molecule has 2 rings (SSSR count). The van der Waals surface area contributed by atoms with E-state index in [0.29, 0.717) is 23.2 Å². The average Bonchev–Trinajstić information content (AvgIpc) is 2.88. The first-order valence-corrected chi connectivity index (χ1v) is 13.9. The van der Waals surface area contributed by atoms with Crippen molar-refractivity contribution in [3.8, 4) is 5.75 Å². The Bertz CT molecular complexity index is 1140. The lowest BCUT2D eigenvalue weighted by atomic mass is 9.99. The van der Waals surface area contributed by atoms with E-state index in [9.17, 15) is 24.6 Å². The smallest absolute Gasteiger partial charge is 0.408 e. The number of ether oxygens (including phenoxy) is 1. The van der Waals surface area contributed by atoms with Crippen molar-refractivity contribution in [3.63, 3.8) is 0 Å². The molecule has 0 saturated carbocycles. The van der Waals surface area contributed by atoms with Gasteiger partial charge in [-0.05, 0) is 75.9 Å². The van der Waals surface area contributed by atoms with Crippen molar-refractivity contribution in [2.75, 3.05) is 18.5 Å². The number of alkyl carbamates (subject to hydrolysis) is 1. The maximum atomic E-state index is 14.0. The second-order valence-corrected chi connectivity index (χ2v) is 11.1. The van der Waals surface area contributed by atoms with E-state index in [2.05, 4.69) is 17.6 Å². The lowest BCUT2D eigenvalue weighted by Crippen LogP contribution is -2.54. The maximum Gasteiger partial charge on any atom is 0.408 e. The first kappa shape index (κ1) is 32.6. The molecule has 2 atom stereocenters. The summed E-state index contributed by atoms with van der Waals surface area (Å²) in [5, 5.41) is 25.7. The van der Waals surface area contributed by atoms with Gasteiger partial charge < -0.3 is 30.5 Å². The third kappa shape index (κ3) is 9.86. The molecule has 0 aromatic heterocycles. The van der Waals surface area contributed by atoms with Crippen LogP contribution in [0.15, 0.2) is 42.5 Å². The monoisotopic (exact) mass is 555 g/mol. The van der Waals surface area contributed by atoms with Crippen molar-refractivity contribution >= 4 is 23.6 Å². The first-order valence-electron chi connectivity index (χ1n) is 13.9. The third-order valence-corrected chi connectivity index (χ3v) is 6.46. The van der Waals surface area contributed by atoms with Crippen LogP contribution < -0.4 is 10.6 Å². The van der Waals surface area contributed by atoms with Crippen molar-refractivity contribution in [2.45, 2.75) is 91.3 Å². The Labute approximate surface area is 237 Å². The summed E-state index contributed by atoms with van der Waals surface area (Å²) in [4.78, 5) is 41.8. The fraction of sp³-hybridized carbons (Fsp3) is 0.516. The van der Waals surface area contributed by atoms with Crippen molar-refractivity contribution in [3.05, 3.63) is 59.2 Å². The lowest BCUT2D eigenvalue weighted by Gasteiger charge is -2.34. The predicted octanol–water partition coefficient (Wildman–Crippen LogP) is 5.37. The van der Waals surface area contributed by atoms with Crippen LogP contribution in [0.2, 0.25) is 0 Å². The number of unbranched alkanes of at least 4 members (excludes halogenated alkanes) is 4. The van der Waals surface area contributed by atoms with Gasteiger partial charge in [-0.2, -0.15) is 0 Å². The highest BCUT2D eigenvalue weighted by Crippen LogP contribution is 2.29.